The molecule has 2 saturated carbocycles. The van der Waals surface area contributed by atoms with E-state index in [0.717, 1.165) is 24.7 Å². The number of unbranched alkanes of at least 4 members (excludes halogenated alkanes) is 1. The second kappa shape index (κ2) is 5.46. The molecule has 2 fully saturated rings. The van der Waals surface area contributed by atoms with E-state index in [9.17, 15) is 4.79 Å². The zero-order chi connectivity index (χ0) is 13.2. The van der Waals surface area contributed by atoms with Crippen molar-refractivity contribution in [3.8, 4) is 0 Å². The first-order valence-electron chi connectivity index (χ1n) is 7.40. The molecule has 102 valence electrons. The van der Waals surface area contributed by atoms with Gasteiger partial charge in [-0.05, 0) is 48.9 Å². The molecule has 0 aromatic carbocycles. The molecular weight excluding hydrogens is 224 g/mol. The number of hydrogen-bond donors (Lipinski definition) is 0. The van der Waals surface area contributed by atoms with E-state index in [1.165, 1.54) is 19.3 Å². The number of allylic oxidation sites excluding steroid dienone is 1. The van der Waals surface area contributed by atoms with Gasteiger partial charge in [-0.15, -0.1) is 0 Å². The highest BCUT2D eigenvalue weighted by Gasteiger charge is 2.51. The lowest BCUT2D eigenvalue weighted by Crippen LogP contribution is -2.29. The van der Waals surface area contributed by atoms with Crippen LogP contribution in [0.5, 0.6) is 0 Å². The number of fused-ring (bicyclic) bond motifs is 2. The highest BCUT2D eigenvalue weighted by atomic mass is 16.5. The van der Waals surface area contributed by atoms with Gasteiger partial charge in [-0.1, -0.05) is 33.3 Å². The molecule has 0 radical (unpaired) electrons. The van der Waals surface area contributed by atoms with Crippen LogP contribution in [-0.4, -0.2) is 12.6 Å². The first kappa shape index (κ1) is 13.6. The summed E-state index contributed by atoms with van der Waals surface area (Å²) in [7, 11) is 0. The maximum absolute atomic E-state index is 11.6. The molecule has 0 aromatic heterocycles. The van der Waals surface area contributed by atoms with Gasteiger partial charge in [0.15, 0.2) is 0 Å². The first-order valence-corrected chi connectivity index (χ1v) is 7.40. The minimum absolute atomic E-state index is 0.165. The molecule has 2 aliphatic carbocycles. The number of rotatable bonds is 5. The molecule has 2 heteroatoms. The summed E-state index contributed by atoms with van der Waals surface area (Å²) in [6, 6.07) is 0. The molecule has 18 heavy (non-hydrogen) atoms. The molecule has 3 unspecified atom stereocenters. The second-order valence-electron chi connectivity index (χ2n) is 6.50. The van der Waals surface area contributed by atoms with Crippen LogP contribution in [0.25, 0.3) is 0 Å². The molecule has 0 aliphatic heterocycles. The Balaban J connectivity index is 1.87. The van der Waals surface area contributed by atoms with E-state index in [1.54, 1.807) is 6.08 Å². The lowest BCUT2D eigenvalue weighted by Gasteiger charge is -2.36. The molecule has 2 aliphatic rings. The SMILES string of the molecule is CCCCOC(=O)C=CC1C2CCC(C2)C1(C)C. The van der Waals surface area contributed by atoms with E-state index in [2.05, 4.69) is 26.8 Å². The number of carbonyl (C=O) groups is 1. The van der Waals surface area contributed by atoms with Crippen molar-refractivity contribution in [2.24, 2.45) is 23.2 Å². The Morgan fingerprint density at radius 2 is 2.17 bits per heavy atom. The van der Waals surface area contributed by atoms with E-state index in [-0.39, 0.29) is 5.97 Å². The Morgan fingerprint density at radius 1 is 1.39 bits per heavy atom. The van der Waals surface area contributed by atoms with Crippen molar-refractivity contribution in [3.05, 3.63) is 12.2 Å². The number of hydrogen-bond acceptors (Lipinski definition) is 2. The van der Waals surface area contributed by atoms with E-state index in [4.69, 9.17) is 4.74 Å². The van der Waals surface area contributed by atoms with Crippen molar-refractivity contribution >= 4 is 5.97 Å². The Bertz CT molecular complexity index is 330. The Hall–Kier alpha value is -0.790. The van der Waals surface area contributed by atoms with Crippen molar-refractivity contribution in [1.29, 1.82) is 0 Å². The summed E-state index contributed by atoms with van der Waals surface area (Å²) in [6.45, 7) is 7.36. The topological polar surface area (TPSA) is 26.3 Å². The monoisotopic (exact) mass is 250 g/mol. The van der Waals surface area contributed by atoms with Crippen molar-refractivity contribution < 1.29 is 9.53 Å². The van der Waals surface area contributed by atoms with Crippen LogP contribution < -0.4 is 0 Å². The van der Waals surface area contributed by atoms with Crippen LogP contribution in [0.15, 0.2) is 12.2 Å². The smallest absolute Gasteiger partial charge is 0.330 e. The highest BCUT2D eigenvalue weighted by Crippen LogP contribution is 2.59. The largest absolute Gasteiger partial charge is 0.463 e. The third-order valence-electron chi connectivity index (χ3n) is 5.07. The van der Waals surface area contributed by atoms with Gasteiger partial charge >= 0.3 is 5.97 Å². The van der Waals surface area contributed by atoms with Gasteiger partial charge in [0.1, 0.15) is 0 Å². The highest BCUT2D eigenvalue weighted by molar-refractivity contribution is 5.81. The van der Waals surface area contributed by atoms with Crippen LogP contribution in [0.4, 0.5) is 0 Å². The zero-order valence-corrected chi connectivity index (χ0v) is 11.9. The molecular formula is C16H26O2. The van der Waals surface area contributed by atoms with E-state index < -0.39 is 0 Å². The lowest BCUT2D eigenvalue weighted by molar-refractivity contribution is -0.137. The van der Waals surface area contributed by atoms with Crippen LogP contribution in [0.1, 0.15) is 52.9 Å². The Labute approximate surface area is 111 Å². The minimum Gasteiger partial charge on any atom is -0.463 e. The van der Waals surface area contributed by atoms with Crippen molar-refractivity contribution in [1.82, 2.24) is 0 Å². The number of esters is 1. The molecule has 3 atom stereocenters. The fourth-order valence-corrected chi connectivity index (χ4v) is 3.85. The van der Waals surface area contributed by atoms with Crippen LogP contribution >= 0.6 is 0 Å². The van der Waals surface area contributed by atoms with E-state index in [1.807, 2.05) is 0 Å². The molecule has 0 heterocycles. The zero-order valence-electron chi connectivity index (χ0n) is 11.9. The van der Waals surface area contributed by atoms with E-state index >= 15 is 0 Å². The molecule has 2 nitrogen and oxygen atoms in total. The van der Waals surface area contributed by atoms with Gasteiger partial charge in [0.25, 0.3) is 0 Å². The summed E-state index contributed by atoms with van der Waals surface area (Å²) in [5.74, 6) is 2.05. The van der Waals surface area contributed by atoms with Crippen LogP contribution in [0, 0.1) is 23.2 Å². The van der Waals surface area contributed by atoms with Gasteiger partial charge in [0.2, 0.25) is 0 Å². The molecule has 0 spiro atoms. The summed E-state index contributed by atoms with van der Waals surface area (Å²) < 4.78 is 5.16. The van der Waals surface area contributed by atoms with Gasteiger partial charge in [-0.25, -0.2) is 4.79 Å². The van der Waals surface area contributed by atoms with Gasteiger partial charge < -0.3 is 4.74 Å². The lowest BCUT2D eigenvalue weighted by atomic mass is 9.68. The maximum atomic E-state index is 11.6. The second-order valence-corrected chi connectivity index (χ2v) is 6.50. The third-order valence-corrected chi connectivity index (χ3v) is 5.07. The summed E-state index contributed by atoms with van der Waals surface area (Å²) in [6.07, 6.45) is 9.89. The third kappa shape index (κ3) is 2.62. The van der Waals surface area contributed by atoms with Gasteiger partial charge in [0.05, 0.1) is 6.61 Å². The fraction of sp³-hybridized carbons (Fsp3) is 0.812. The quantitative estimate of drug-likeness (QED) is 0.419. The summed E-state index contributed by atoms with van der Waals surface area (Å²) in [5, 5.41) is 0. The van der Waals surface area contributed by atoms with Crippen molar-refractivity contribution in [2.75, 3.05) is 6.61 Å². The molecule has 0 aromatic rings. The Morgan fingerprint density at radius 3 is 2.78 bits per heavy atom. The van der Waals surface area contributed by atoms with Crippen LogP contribution in [0.2, 0.25) is 0 Å². The average Bonchev–Trinajstić information content (AvgIpc) is 2.86. The molecule has 2 rings (SSSR count). The van der Waals surface area contributed by atoms with E-state index in [0.29, 0.717) is 17.9 Å². The Kier molecular flexibility index (Phi) is 4.14. The van der Waals surface area contributed by atoms with Gasteiger partial charge in [-0.3, -0.25) is 0 Å². The molecule has 2 bridgehead atoms. The summed E-state index contributed by atoms with van der Waals surface area (Å²) >= 11 is 0. The van der Waals surface area contributed by atoms with Gasteiger partial charge in [-0.2, -0.15) is 0 Å². The van der Waals surface area contributed by atoms with Crippen LogP contribution in [0.3, 0.4) is 0 Å². The fourth-order valence-electron chi connectivity index (χ4n) is 3.85. The first-order chi connectivity index (χ1) is 8.55. The predicted octanol–water partition coefficient (Wildman–Crippen LogP) is 3.96. The standard InChI is InChI=1S/C16H26O2/c1-4-5-10-18-15(17)9-8-14-12-6-7-13(11-12)16(14,2)3/h8-9,12-14H,4-7,10-11H2,1-3H3. The molecule has 0 N–H and O–H groups in total. The predicted molar refractivity (Wildman–Crippen MR) is 73.1 cm³/mol. The minimum atomic E-state index is -0.165. The number of carbonyl (C=O) groups excluding carboxylic acids is 1. The maximum Gasteiger partial charge on any atom is 0.330 e. The summed E-state index contributed by atoms with van der Waals surface area (Å²) in [4.78, 5) is 11.6. The molecule has 0 amide bonds. The number of ether oxygens (including phenoxy) is 1. The average molecular weight is 250 g/mol. The van der Waals surface area contributed by atoms with Crippen molar-refractivity contribution in [3.63, 3.8) is 0 Å². The summed E-state index contributed by atoms with van der Waals surface area (Å²) in [5.41, 5.74) is 0.364. The van der Waals surface area contributed by atoms with Gasteiger partial charge in [0, 0.05) is 6.08 Å². The molecule has 0 saturated heterocycles. The normalized spacial score (nSPS) is 33.2. The van der Waals surface area contributed by atoms with Crippen molar-refractivity contribution in [2.45, 2.75) is 52.9 Å². The van der Waals surface area contributed by atoms with Crippen LogP contribution in [-0.2, 0) is 9.53 Å².